The Morgan fingerprint density at radius 2 is 2.07 bits per heavy atom. The molecule has 3 atom stereocenters. The van der Waals surface area contributed by atoms with E-state index >= 15 is 0 Å². The van der Waals surface area contributed by atoms with E-state index in [2.05, 4.69) is 52.7 Å². The Kier molecular flexibility index (Phi) is 5.66. The quantitative estimate of drug-likeness (QED) is 0.758. The van der Waals surface area contributed by atoms with Crippen LogP contribution in [0.15, 0.2) is 30.5 Å². The van der Waals surface area contributed by atoms with Crippen LogP contribution in [0.1, 0.15) is 49.7 Å². The lowest BCUT2D eigenvalue weighted by atomic mass is 9.80. The number of benzene rings is 1. The average molecular weight is 408 g/mol. The Bertz CT molecular complexity index is 937. The first-order valence-corrected chi connectivity index (χ1v) is 11.6. The zero-order valence-corrected chi connectivity index (χ0v) is 18.0. The normalized spacial score (nSPS) is 27.5. The number of hydrogen-bond donors (Lipinski definition) is 2. The summed E-state index contributed by atoms with van der Waals surface area (Å²) < 4.78 is 5.83. The Labute approximate surface area is 178 Å². The van der Waals surface area contributed by atoms with Crippen molar-refractivity contribution < 1.29 is 9.53 Å². The van der Waals surface area contributed by atoms with Crippen LogP contribution in [0.4, 0.5) is 0 Å². The fraction of sp³-hybridized carbons (Fsp3) is 0.560. The first-order valence-electron chi connectivity index (χ1n) is 11.6. The zero-order valence-electron chi connectivity index (χ0n) is 18.0. The van der Waals surface area contributed by atoms with Gasteiger partial charge in [0.2, 0.25) is 0 Å². The number of nitrogens with zero attached hydrogens (tertiary/aromatic N) is 1. The second-order valence-electron chi connectivity index (χ2n) is 9.28. The number of nitrogens with one attached hydrogen (secondary N) is 2. The lowest BCUT2D eigenvalue weighted by molar-refractivity contribution is -0.147. The minimum atomic E-state index is -0.143. The number of esters is 1. The highest BCUT2D eigenvalue weighted by Gasteiger charge is 2.34. The first-order chi connectivity index (χ1) is 14.7. The number of hydrogen-bond acceptors (Lipinski definition) is 4. The molecular weight excluding hydrogens is 374 g/mol. The number of likely N-dealkylation sites (N-methyl/N-ethyl adjacent to an activating group) is 1. The standard InChI is InChI=1S/C25H33N3O2/c1-28-15-17(16-30-25(29)22-9-5-3-2-4-6-11-26-22)12-20-19-8-7-10-21-24(19)18(14-27-21)13-23(20)28/h7-8,10,12,14,17,22-23,26-27H,2-6,9,11,13,15-16H2,1H3/t17-,22?,23-/m1/s1. The summed E-state index contributed by atoms with van der Waals surface area (Å²) in [6, 6.07) is 6.78. The van der Waals surface area contributed by atoms with Crippen LogP contribution >= 0.6 is 0 Å². The van der Waals surface area contributed by atoms with Crippen molar-refractivity contribution >= 4 is 22.4 Å². The molecule has 2 aliphatic heterocycles. The van der Waals surface area contributed by atoms with Crippen molar-refractivity contribution in [2.45, 2.75) is 57.0 Å². The van der Waals surface area contributed by atoms with E-state index in [1.54, 1.807) is 0 Å². The van der Waals surface area contributed by atoms with E-state index in [1.165, 1.54) is 46.9 Å². The zero-order chi connectivity index (χ0) is 20.5. The molecule has 0 spiro atoms. The number of aromatic amines is 1. The molecule has 30 heavy (non-hydrogen) atoms. The van der Waals surface area contributed by atoms with Crippen molar-refractivity contribution in [1.82, 2.24) is 15.2 Å². The summed E-state index contributed by atoms with van der Waals surface area (Å²) in [5.74, 6) is 0.163. The molecule has 1 fully saturated rings. The van der Waals surface area contributed by atoms with Crippen molar-refractivity contribution in [2.24, 2.45) is 5.92 Å². The van der Waals surface area contributed by atoms with Crippen molar-refractivity contribution in [1.29, 1.82) is 0 Å². The Morgan fingerprint density at radius 3 is 3.00 bits per heavy atom. The molecule has 1 aromatic heterocycles. The van der Waals surface area contributed by atoms with Crippen LogP contribution in [0.3, 0.4) is 0 Å². The molecule has 160 valence electrons. The second-order valence-corrected chi connectivity index (χ2v) is 9.28. The molecule has 5 nitrogen and oxygen atoms in total. The molecule has 3 aliphatic rings. The van der Waals surface area contributed by atoms with Crippen LogP contribution in [-0.2, 0) is 16.0 Å². The SMILES string of the molecule is CN1C[C@H](COC(=O)C2CCCCCCCN2)C=C2c3cccc4[nH]cc(c34)C[C@H]21. The number of carbonyl (C=O) groups excluding carboxylic acids is 1. The van der Waals surface area contributed by atoms with Gasteiger partial charge in [-0.2, -0.15) is 0 Å². The number of fused-ring (bicyclic) bond motifs is 2. The number of aromatic nitrogens is 1. The topological polar surface area (TPSA) is 57.4 Å². The Morgan fingerprint density at radius 1 is 1.20 bits per heavy atom. The van der Waals surface area contributed by atoms with Gasteiger partial charge in [0.25, 0.3) is 0 Å². The van der Waals surface area contributed by atoms with E-state index in [-0.39, 0.29) is 17.9 Å². The molecule has 2 N–H and O–H groups in total. The largest absolute Gasteiger partial charge is 0.464 e. The summed E-state index contributed by atoms with van der Waals surface area (Å²) in [7, 11) is 2.20. The van der Waals surface area contributed by atoms with E-state index < -0.39 is 0 Å². The van der Waals surface area contributed by atoms with Gasteiger partial charge in [0, 0.05) is 35.6 Å². The molecule has 0 amide bonds. The third-order valence-corrected chi connectivity index (χ3v) is 7.13. The van der Waals surface area contributed by atoms with Crippen molar-refractivity contribution in [3.63, 3.8) is 0 Å². The minimum absolute atomic E-state index is 0.0706. The van der Waals surface area contributed by atoms with Crippen molar-refractivity contribution in [3.8, 4) is 0 Å². The summed E-state index contributed by atoms with van der Waals surface area (Å²) in [6.07, 6.45) is 12.5. The van der Waals surface area contributed by atoms with Crippen LogP contribution < -0.4 is 5.32 Å². The minimum Gasteiger partial charge on any atom is -0.464 e. The highest BCUT2D eigenvalue weighted by atomic mass is 16.5. The van der Waals surface area contributed by atoms with Gasteiger partial charge in [-0.05, 0) is 55.6 Å². The number of H-pyrrole nitrogens is 1. The summed E-state index contributed by atoms with van der Waals surface area (Å²) in [4.78, 5) is 18.6. The summed E-state index contributed by atoms with van der Waals surface area (Å²) in [5.41, 5.74) is 5.35. The molecule has 1 saturated heterocycles. The van der Waals surface area contributed by atoms with E-state index in [4.69, 9.17) is 4.74 Å². The van der Waals surface area contributed by atoms with Gasteiger partial charge in [-0.1, -0.05) is 43.9 Å². The lowest BCUT2D eigenvalue weighted by Gasteiger charge is -2.39. The summed E-state index contributed by atoms with van der Waals surface area (Å²) >= 11 is 0. The van der Waals surface area contributed by atoms with Crippen LogP contribution in [0.5, 0.6) is 0 Å². The van der Waals surface area contributed by atoms with Crippen LogP contribution in [-0.4, -0.2) is 54.7 Å². The molecule has 1 aliphatic carbocycles. The molecule has 5 rings (SSSR count). The predicted molar refractivity (Wildman–Crippen MR) is 120 cm³/mol. The second kappa shape index (κ2) is 8.56. The molecule has 1 aromatic carbocycles. The van der Waals surface area contributed by atoms with Gasteiger partial charge in [0.1, 0.15) is 6.04 Å². The smallest absolute Gasteiger partial charge is 0.323 e. The summed E-state index contributed by atoms with van der Waals surface area (Å²) in [6.45, 7) is 2.31. The van der Waals surface area contributed by atoms with Gasteiger partial charge in [-0.3, -0.25) is 9.69 Å². The molecule has 0 bridgehead atoms. The maximum atomic E-state index is 12.7. The van der Waals surface area contributed by atoms with Crippen LogP contribution in [0.25, 0.3) is 16.5 Å². The molecule has 3 heterocycles. The third kappa shape index (κ3) is 3.81. The van der Waals surface area contributed by atoms with Crippen LogP contribution in [0.2, 0.25) is 0 Å². The predicted octanol–water partition coefficient (Wildman–Crippen LogP) is 3.89. The van der Waals surface area contributed by atoms with Gasteiger partial charge in [0.15, 0.2) is 0 Å². The van der Waals surface area contributed by atoms with Gasteiger partial charge < -0.3 is 15.0 Å². The van der Waals surface area contributed by atoms with E-state index in [0.29, 0.717) is 12.6 Å². The van der Waals surface area contributed by atoms with Crippen LogP contribution in [0, 0.1) is 5.92 Å². The first kappa shape index (κ1) is 19.8. The van der Waals surface area contributed by atoms with Gasteiger partial charge >= 0.3 is 5.97 Å². The molecule has 5 heteroatoms. The maximum absolute atomic E-state index is 12.7. The van der Waals surface area contributed by atoms with E-state index in [0.717, 1.165) is 38.8 Å². The van der Waals surface area contributed by atoms with Gasteiger partial charge in [-0.25, -0.2) is 0 Å². The third-order valence-electron chi connectivity index (χ3n) is 7.13. The lowest BCUT2D eigenvalue weighted by Crippen LogP contribution is -2.44. The molecule has 2 aromatic rings. The number of rotatable bonds is 3. The van der Waals surface area contributed by atoms with Gasteiger partial charge in [0.05, 0.1) is 6.61 Å². The molecule has 0 saturated carbocycles. The average Bonchev–Trinajstić information content (AvgIpc) is 3.22. The maximum Gasteiger partial charge on any atom is 0.323 e. The Balaban J connectivity index is 1.30. The molecule has 1 unspecified atom stereocenters. The fourth-order valence-corrected chi connectivity index (χ4v) is 5.53. The monoisotopic (exact) mass is 407 g/mol. The fourth-order valence-electron chi connectivity index (χ4n) is 5.53. The van der Waals surface area contributed by atoms with Crippen molar-refractivity contribution in [3.05, 3.63) is 41.6 Å². The number of carbonyl (C=O) groups is 1. The highest BCUT2D eigenvalue weighted by Crippen LogP contribution is 2.40. The van der Waals surface area contributed by atoms with E-state index in [1.807, 2.05) is 0 Å². The highest BCUT2D eigenvalue weighted by molar-refractivity contribution is 5.98. The summed E-state index contributed by atoms with van der Waals surface area (Å²) in [5, 5.41) is 4.78. The molecule has 0 radical (unpaired) electrons. The van der Waals surface area contributed by atoms with E-state index in [9.17, 15) is 4.79 Å². The molecular formula is C25H33N3O2. The van der Waals surface area contributed by atoms with Gasteiger partial charge in [-0.15, -0.1) is 0 Å². The number of ether oxygens (including phenoxy) is 1. The van der Waals surface area contributed by atoms with Crippen molar-refractivity contribution in [2.75, 3.05) is 26.7 Å². The Hall–Kier alpha value is -2.11.